The SMILES string of the molecule is CN(CC(CCN1CCC(C(=O)c2nc3ccccc3n2Cc2ccccc2F)CC1)c1ccc2c(c1)OCO2)C(=O)c1ccccc1. The van der Waals surface area contributed by atoms with Crippen molar-refractivity contribution in [2.24, 2.45) is 5.92 Å². The lowest BCUT2D eigenvalue weighted by atomic mass is 9.90. The summed E-state index contributed by atoms with van der Waals surface area (Å²) in [4.78, 5) is 36.1. The van der Waals surface area contributed by atoms with E-state index in [1.54, 1.807) is 17.0 Å². The Labute approximate surface area is 279 Å². The number of ether oxygens (including phenoxy) is 2. The molecule has 7 rings (SSSR count). The predicted octanol–water partition coefficient (Wildman–Crippen LogP) is 6.79. The van der Waals surface area contributed by atoms with E-state index in [1.807, 2.05) is 84.4 Å². The van der Waals surface area contributed by atoms with Crippen molar-refractivity contribution < 1.29 is 23.5 Å². The van der Waals surface area contributed by atoms with Gasteiger partial charge in [0.15, 0.2) is 17.3 Å². The molecule has 3 heterocycles. The Balaban J connectivity index is 1.02. The van der Waals surface area contributed by atoms with Crippen LogP contribution < -0.4 is 9.47 Å². The number of hydrogen-bond acceptors (Lipinski definition) is 6. The van der Waals surface area contributed by atoms with Crippen LogP contribution in [0, 0.1) is 11.7 Å². The number of fused-ring (bicyclic) bond motifs is 2. The summed E-state index contributed by atoms with van der Waals surface area (Å²) in [6, 6.07) is 29.7. The third-order valence-electron chi connectivity index (χ3n) is 9.64. The Morgan fingerprint density at radius 1 is 0.917 bits per heavy atom. The van der Waals surface area contributed by atoms with Crippen molar-refractivity contribution in [2.75, 3.05) is 40.0 Å². The minimum Gasteiger partial charge on any atom is -0.454 e. The van der Waals surface area contributed by atoms with Crippen molar-refractivity contribution in [3.05, 3.63) is 125 Å². The largest absolute Gasteiger partial charge is 0.454 e. The lowest BCUT2D eigenvalue weighted by Crippen LogP contribution is -2.38. The van der Waals surface area contributed by atoms with Crippen LogP contribution in [0.3, 0.4) is 0 Å². The summed E-state index contributed by atoms with van der Waals surface area (Å²) in [6.45, 7) is 3.42. The van der Waals surface area contributed by atoms with Gasteiger partial charge in [-0.25, -0.2) is 9.37 Å². The van der Waals surface area contributed by atoms with Crippen LogP contribution in [-0.4, -0.2) is 71.1 Å². The van der Waals surface area contributed by atoms with Crippen molar-refractivity contribution in [1.82, 2.24) is 19.4 Å². The van der Waals surface area contributed by atoms with Crippen molar-refractivity contribution >= 4 is 22.7 Å². The quantitative estimate of drug-likeness (QED) is 0.147. The lowest BCUT2D eigenvalue weighted by Gasteiger charge is -2.33. The predicted molar refractivity (Wildman–Crippen MR) is 182 cm³/mol. The fourth-order valence-electron chi connectivity index (χ4n) is 6.91. The van der Waals surface area contributed by atoms with Gasteiger partial charge >= 0.3 is 0 Å². The Bertz CT molecular complexity index is 1920. The number of ketones is 1. The van der Waals surface area contributed by atoms with Crippen molar-refractivity contribution in [3.8, 4) is 11.5 Å². The molecule has 1 aromatic heterocycles. The van der Waals surface area contributed by atoms with Crippen LogP contribution in [0.2, 0.25) is 0 Å². The zero-order valence-electron chi connectivity index (χ0n) is 27.1. The Morgan fingerprint density at radius 3 is 2.46 bits per heavy atom. The number of carbonyl (C=O) groups is 2. The molecular formula is C39H39FN4O4. The minimum absolute atomic E-state index is 0.0123. The molecule has 0 saturated carbocycles. The standard InChI is InChI=1S/C39H39FN4O4/c1-42(39(46)28-9-3-2-4-10-28)24-30(29-15-16-35-36(23-29)48-26-47-35)19-22-43-20-17-27(18-21-43)37(45)38-41-33-13-7-8-14-34(33)44(38)25-31-11-5-6-12-32(31)40/h2-16,23,27,30H,17-22,24-26H2,1H3. The molecule has 9 heteroatoms. The van der Waals surface area contributed by atoms with Crippen LogP contribution in [-0.2, 0) is 6.54 Å². The molecule has 1 saturated heterocycles. The van der Waals surface area contributed by atoms with Crippen LogP contribution in [0.5, 0.6) is 11.5 Å². The number of imidazole rings is 1. The number of rotatable bonds is 11. The molecule has 0 spiro atoms. The highest BCUT2D eigenvalue weighted by atomic mass is 19.1. The van der Waals surface area contributed by atoms with Crippen LogP contribution in [0.4, 0.5) is 4.39 Å². The number of likely N-dealkylation sites (N-methyl/N-ethyl adjacent to an activating group) is 1. The van der Waals surface area contributed by atoms with Gasteiger partial charge in [-0.1, -0.05) is 54.6 Å². The molecule has 0 bridgehead atoms. The van der Waals surface area contributed by atoms with E-state index in [-0.39, 0.29) is 42.7 Å². The van der Waals surface area contributed by atoms with Gasteiger partial charge in [-0.2, -0.15) is 0 Å². The third kappa shape index (κ3) is 6.69. The molecule has 0 aliphatic carbocycles. The molecule has 1 unspecified atom stereocenters. The third-order valence-corrected chi connectivity index (χ3v) is 9.64. The molecule has 4 aromatic carbocycles. The Kier molecular flexibility index (Phi) is 9.20. The van der Waals surface area contributed by atoms with Crippen LogP contribution in [0.25, 0.3) is 11.0 Å². The smallest absolute Gasteiger partial charge is 0.253 e. The first-order valence-corrected chi connectivity index (χ1v) is 16.6. The van der Waals surface area contributed by atoms with Gasteiger partial charge in [0.25, 0.3) is 5.91 Å². The number of piperidine rings is 1. The lowest BCUT2D eigenvalue weighted by molar-refractivity contribution is 0.0779. The fraction of sp³-hybridized carbons (Fsp3) is 0.308. The minimum atomic E-state index is -0.295. The van der Waals surface area contributed by atoms with Gasteiger partial charge in [-0.3, -0.25) is 9.59 Å². The zero-order valence-corrected chi connectivity index (χ0v) is 27.1. The van der Waals surface area contributed by atoms with E-state index in [0.29, 0.717) is 23.5 Å². The van der Waals surface area contributed by atoms with E-state index in [9.17, 15) is 14.0 Å². The van der Waals surface area contributed by atoms with E-state index in [4.69, 9.17) is 14.5 Å². The van der Waals surface area contributed by atoms with E-state index < -0.39 is 0 Å². The Hall–Kier alpha value is -5.02. The van der Waals surface area contributed by atoms with Crippen molar-refractivity contribution in [1.29, 1.82) is 0 Å². The van der Waals surface area contributed by atoms with E-state index in [1.165, 1.54) is 6.07 Å². The van der Waals surface area contributed by atoms with Gasteiger partial charge in [-0.05, 0) is 86.9 Å². The van der Waals surface area contributed by atoms with Gasteiger partial charge in [0.1, 0.15) is 5.82 Å². The molecule has 48 heavy (non-hydrogen) atoms. The second-order valence-electron chi connectivity index (χ2n) is 12.7. The molecule has 1 amide bonds. The maximum absolute atomic E-state index is 14.6. The normalized spacial score (nSPS) is 15.5. The summed E-state index contributed by atoms with van der Waals surface area (Å²) in [7, 11) is 1.85. The number of nitrogens with zero attached hydrogens (tertiary/aromatic N) is 4. The van der Waals surface area contributed by atoms with Gasteiger partial charge in [0.2, 0.25) is 12.6 Å². The topological polar surface area (TPSA) is 76.9 Å². The summed E-state index contributed by atoms with van der Waals surface area (Å²) in [5.41, 5.74) is 3.86. The Morgan fingerprint density at radius 2 is 1.65 bits per heavy atom. The van der Waals surface area contributed by atoms with Gasteiger partial charge in [-0.15, -0.1) is 0 Å². The van der Waals surface area contributed by atoms with Crippen LogP contribution >= 0.6 is 0 Å². The number of carbonyl (C=O) groups excluding carboxylic acids is 2. The van der Waals surface area contributed by atoms with Gasteiger partial charge in [0.05, 0.1) is 17.6 Å². The molecule has 0 radical (unpaired) electrons. The summed E-state index contributed by atoms with van der Waals surface area (Å²) in [5.74, 6) is 1.49. The van der Waals surface area contributed by atoms with E-state index in [0.717, 1.165) is 67.0 Å². The summed E-state index contributed by atoms with van der Waals surface area (Å²) < 4.78 is 27.7. The maximum atomic E-state index is 14.6. The van der Waals surface area contributed by atoms with Crippen LogP contribution in [0.1, 0.15) is 57.3 Å². The number of benzene rings is 4. The highest BCUT2D eigenvalue weighted by Crippen LogP contribution is 2.36. The van der Waals surface area contributed by atoms with Crippen molar-refractivity contribution in [3.63, 3.8) is 0 Å². The molecular weight excluding hydrogens is 607 g/mol. The number of hydrogen-bond donors (Lipinski definition) is 0. The molecule has 5 aromatic rings. The average molecular weight is 647 g/mol. The number of Topliss-reactive ketones (excluding diaryl/α,β-unsaturated/α-hetero) is 1. The molecule has 8 nitrogen and oxygen atoms in total. The summed E-state index contributed by atoms with van der Waals surface area (Å²) >= 11 is 0. The van der Waals surface area contributed by atoms with Crippen LogP contribution in [0.15, 0.2) is 97.1 Å². The molecule has 2 aliphatic heterocycles. The monoisotopic (exact) mass is 646 g/mol. The van der Waals surface area contributed by atoms with E-state index >= 15 is 0 Å². The molecule has 246 valence electrons. The number of aromatic nitrogens is 2. The van der Waals surface area contributed by atoms with Crippen molar-refractivity contribution in [2.45, 2.75) is 31.7 Å². The zero-order chi connectivity index (χ0) is 33.0. The number of halogens is 1. The first-order chi connectivity index (χ1) is 23.4. The number of likely N-dealkylation sites (tertiary alicyclic amines) is 1. The highest BCUT2D eigenvalue weighted by molar-refractivity contribution is 5.98. The molecule has 2 aliphatic rings. The maximum Gasteiger partial charge on any atom is 0.253 e. The number of amides is 1. The second kappa shape index (κ2) is 14.0. The molecule has 1 atom stereocenters. The highest BCUT2D eigenvalue weighted by Gasteiger charge is 2.30. The fourth-order valence-corrected chi connectivity index (χ4v) is 6.91. The average Bonchev–Trinajstić information content (AvgIpc) is 3.75. The van der Waals surface area contributed by atoms with E-state index in [2.05, 4.69) is 11.0 Å². The molecule has 1 fully saturated rings. The van der Waals surface area contributed by atoms with Gasteiger partial charge < -0.3 is 23.8 Å². The second-order valence-corrected chi connectivity index (χ2v) is 12.7. The first-order valence-electron chi connectivity index (χ1n) is 16.6. The number of para-hydroxylation sites is 2. The summed E-state index contributed by atoms with van der Waals surface area (Å²) in [6.07, 6.45) is 2.29. The summed E-state index contributed by atoms with van der Waals surface area (Å²) in [5, 5.41) is 0. The molecule has 0 N–H and O–H groups in total. The first kappa shape index (κ1) is 31.6. The van der Waals surface area contributed by atoms with Gasteiger partial charge in [0, 0.05) is 36.6 Å².